The lowest BCUT2D eigenvalue weighted by atomic mass is 9.76. The van der Waals surface area contributed by atoms with Crippen LogP contribution in [-0.2, 0) is 4.79 Å². The first-order valence-electron chi connectivity index (χ1n) is 6.68. The Balaban J connectivity index is 2.29. The number of ketones is 1. The van der Waals surface area contributed by atoms with E-state index in [1.54, 1.807) is 13.2 Å². The van der Waals surface area contributed by atoms with Gasteiger partial charge in [0.2, 0.25) is 0 Å². The van der Waals surface area contributed by atoms with E-state index in [0.717, 1.165) is 31.2 Å². The normalized spacial score (nSPS) is 18.6. The van der Waals surface area contributed by atoms with Crippen LogP contribution in [-0.4, -0.2) is 12.9 Å². The number of ether oxygens (including phenoxy) is 1. The number of hydrogen-bond donors (Lipinski definition) is 0. The van der Waals surface area contributed by atoms with Crippen LogP contribution in [0.5, 0.6) is 5.75 Å². The fourth-order valence-corrected chi connectivity index (χ4v) is 2.86. The van der Waals surface area contributed by atoms with E-state index in [4.69, 9.17) is 4.74 Å². The molecule has 0 aliphatic heterocycles. The van der Waals surface area contributed by atoms with Crippen molar-refractivity contribution in [3.63, 3.8) is 0 Å². The summed E-state index contributed by atoms with van der Waals surface area (Å²) < 4.78 is 5.16. The van der Waals surface area contributed by atoms with E-state index in [2.05, 4.69) is 6.07 Å². The fourth-order valence-electron chi connectivity index (χ4n) is 2.86. The van der Waals surface area contributed by atoms with Crippen molar-refractivity contribution in [1.29, 1.82) is 5.26 Å². The highest BCUT2D eigenvalue weighted by Gasteiger charge is 2.40. The third kappa shape index (κ3) is 2.63. The van der Waals surface area contributed by atoms with Crippen LogP contribution in [0.15, 0.2) is 24.3 Å². The molecule has 3 nitrogen and oxygen atoms in total. The van der Waals surface area contributed by atoms with Crippen LogP contribution < -0.4 is 4.74 Å². The van der Waals surface area contributed by atoms with E-state index in [1.807, 2.05) is 25.1 Å². The zero-order valence-electron chi connectivity index (χ0n) is 11.5. The number of rotatable bonds is 4. The maximum Gasteiger partial charge on any atom is 0.160 e. The van der Waals surface area contributed by atoms with E-state index < -0.39 is 5.92 Å². The third-order valence-electron chi connectivity index (χ3n) is 4.12. The third-order valence-corrected chi connectivity index (χ3v) is 4.12. The lowest BCUT2D eigenvalue weighted by Crippen LogP contribution is -2.29. The molecule has 1 aromatic rings. The van der Waals surface area contributed by atoms with Crippen LogP contribution in [0, 0.1) is 16.7 Å². The first-order chi connectivity index (χ1) is 9.10. The summed E-state index contributed by atoms with van der Waals surface area (Å²) in [5.74, 6) is 0.0566. The Kier molecular flexibility index (Phi) is 3.90. The molecule has 19 heavy (non-hydrogen) atoms. The Morgan fingerprint density at radius 2 is 2.11 bits per heavy atom. The van der Waals surface area contributed by atoms with Crippen LogP contribution >= 0.6 is 0 Å². The van der Waals surface area contributed by atoms with E-state index in [0.29, 0.717) is 5.75 Å². The molecule has 0 bridgehead atoms. The zero-order chi connectivity index (χ0) is 13.9. The number of hydrogen-bond acceptors (Lipinski definition) is 3. The predicted octanol–water partition coefficient (Wildman–Crippen LogP) is 3.45. The van der Waals surface area contributed by atoms with Crippen LogP contribution in [0.3, 0.4) is 0 Å². The molecule has 3 heteroatoms. The number of methoxy groups -OCH3 is 1. The molecule has 0 N–H and O–H groups in total. The van der Waals surface area contributed by atoms with Crippen LogP contribution in [0.25, 0.3) is 0 Å². The van der Waals surface area contributed by atoms with Gasteiger partial charge in [-0.15, -0.1) is 0 Å². The van der Waals surface area contributed by atoms with Gasteiger partial charge in [-0.25, -0.2) is 0 Å². The molecule has 0 spiro atoms. The SMILES string of the molecule is COc1cccc(C(C#N)C(=O)C2(C)CCCC2)c1. The predicted molar refractivity (Wildman–Crippen MR) is 72.9 cm³/mol. The summed E-state index contributed by atoms with van der Waals surface area (Å²) in [7, 11) is 1.58. The van der Waals surface area contributed by atoms with Crippen LogP contribution in [0.2, 0.25) is 0 Å². The minimum atomic E-state index is -0.682. The largest absolute Gasteiger partial charge is 0.497 e. The molecule has 1 aromatic carbocycles. The Hall–Kier alpha value is -1.82. The molecule has 2 rings (SSSR count). The van der Waals surface area contributed by atoms with Gasteiger partial charge in [0.15, 0.2) is 5.78 Å². The van der Waals surface area contributed by atoms with Crippen LogP contribution in [0.1, 0.15) is 44.1 Å². The quantitative estimate of drug-likeness (QED) is 0.830. The van der Waals surface area contributed by atoms with E-state index in [1.165, 1.54) is 0 Å². The van der Waals surface area contributed by atoms with Gasteiger partial charge >= 0.3 is 0 Å². The summed E-state index contributed by atoms with van der Waals surface area (Å²) in [5.41, 5.74) is 0.406. The van der Waals surface area contributed by atoms with Crippen molar-refractivity contribution in [3.05, 3.63) is 29.8 Å². The second-order valence-corrected chi connectivity index (χ2v) is 5.47. The highest BCUT2D eigenvalue weighted by atomic mass is 16.5. The standard InChI is InChI=1S/C16H19NO2/c1-16(8-3-4-9-16)15(18)14(11-17)12-6-5-7-13(10-12)19-2/h5-7,10,14H,3-4,8-9H2,1-2H3. The lowest BCUT2D eigenvalue weighted by molar-refractivity contribution is -0.128. The fraction of sp³-hybridized carbons (Fsp3) is 0.500. The number of benzene rings is 1. The maximum atomic E-state index is 12.6. The van der Waals surface area contributed by atoms with Crippen molar-refractivity contribution >= 4 is 5.78 Å². The molecular formula is C16H19NO2. The highest BCUT2D eigenvalue weighted by Crippen LogP contribution is 2.42. The maximum absolute atomic E-state index is 12.6. The van der Waals surface area contributed by atoms with Gasteiger partial charge in [-0.05, 0) is 30.5 Å². The molecule has 0 radical (unpaired) electrons. The molecule has 100 valence electrons. The first kappa shape index (κ1) is 13.6. The molecule has 1 saturated carbocycles. The average molecular weight is 257 g/mol. The summed E-state index contributed by atoms with van der Waals surface area (Å²) >= 11 is 0. The molecule has 1 aliphatic carbocycles. The van der Waals surface area contributed by atoms with Gasteiger partial charge in [-0.1, -0.05) is 31.9 Å². The summed E-state index contributed by atoms with van der Waals surface area (Å²) in [4.78, 5) is 12.6. The van der Waals surface area contributed by atoms with Gasteiger partial charge in [0.25, 0.3) is 0 Å². The summed E-state index contributed by atoms with van der Waals surface area (Å²) in [5, 5.41) is 9.38. The minimum absolute atomic E-state index is 0.0563. The minimum Gasteiger partial charge on any atom is -0.497 e. The molecule has 0 aromatic heterocycles. The van der Waals surface area contributed by atoms with Crippen LogP contribution in [0.4, 0.5) is 0 Å². The number of carbonyl (C=O) groups is 1. The van der Waals surface area contributed by atoms with Crippen molar-refractivity contribution < 1.29 is 9.53 Å². The van der Waals surface area contributed by atoms with Crippen molar-refractivity contribution in [2.24, 2.45) is 5.41 Å². The van der Waals surface area contributed by atoms with E-state index in [9.17, 15) is 10.1 Å². The second kappa shape index (κ2) is 5.44. The molecular weight excluding hydrogens is 238 g/mol. The van der Waals surface area contributed by atoms with Crippen molar-refractivity contribution in [2.45, 2.75) is 38.5 Å². The number of carbonyl (C=O) groups excluding carboxylic acids is 1. The lowest BCUT2D eigenvalue weighted by Gasteiger charge is -2.24. The molecule has 0 amide bonds. The Morgan fingerprint density at radius 3 is 2.68 bits per heavy atom. The van der Waals surface area contributed by atoms with Gasteiger partial charge in [0.05, 0.1) is 13.2 Å². The monoisotopic (exact) mass is 257 g/mol. The number of Topliss-reactive ketones (excluding diaryl/α,β-unsaturated/α-hetero) is 1. The molecule has 1 atom stereocenters. The van der Waals surface area contributed by atoms with Crippen molar-refractivity contribution in [3.8, 4) is 11.8 Å². The van der Waals surface area contributed by atoms with Gasteiger partial charge in [-0.3, -0.25) is 4.79 Å². The number of nitriles is 1. The molecule has 0 saturated heterocycles. The van der Waals surface area contributed by atoms with Gasteiger partial charge < -0.3 is 4.74 Å². The van der Waals surface area contributed by atoms with Gasteiger partial charge in [0.1, 0.15) is 11.7 Å². The first-order valence-corrected chi connectivity index (χ1v) is 6.68. The average Bonchev–Trinajstić information content (AvgIpc) is 2.88. The van der Waals surface area contributed by atoms with Gasteiger partial charge in [0, 0.05) is 5.41 Å². The van der Waals surface area contributed by atoms with E-state index >= 15 is 0 Å². The second-order valence-electron chi connectivity index (χ2n) is 5.47. The summed E-state index contributed by atoms with van der Waals surface area (Å²) in [6.45, 7) is 1.99. The van der Waals surface area contributed by atoms with E-state index in [-0.39, 0.29) is 11.2 Å². The molecule has 1 unspecified atom stereocenters. The Labute approximate surface area is 114 Å². The van der Waals surface area contributed by atoms with Crippen molar-refractivity contribution in [1.82, 2.24) is 0 Å². The van der Waals surface area contributed by atoms with Crippen molar-refractivity contribution in [2.75, 3.05) is 7.11 Å². The Bertz CT molecular complexity index is 510. The molecule has 1 aliphatic rings. The number of nitrogens with zero attached hydrogens (tertiary/aromatic N) is 1. The summed E-state index contributed by atoms with van der Waals surface area (Å²) in [6, 6.07) is 9.42. The smallest absolute Gasteiger partial charge is 0.160 e. The Morgan fingerprint density at radius 1 is 1.42 bits per heavy atom. The topological polar surface area (TPSA) is 50.1 Å². The molecule has 1 fully saturated rings. The molecule has 0 heterocycles. The highest BCUT2D eigenvalue weighted by molar-refractivity contribution is 5.93. The summed E-state index contributed by atoms with van der Waals surface area (Å²) in [6.07, 6.45) is 3.96. The zero-order valence-corrected chi connectivity index (χ0v) is 11.5. The van der Waals surface area contributed by atoms with Gasteiger partial charge in [-0.2, -0.15) is 5.26 Å².